The zero-order valence-electron chi connectivity index (χ0n) is 14.3. The van der Waals surface area contributed by atoms with E-state index in [-0.39, 0.29) is 24.0 Å². The largest absolute Gasteiger partial charge is 0.393 e. The van der Waals surface area contributed by atoms with Gasteiger partial charge in [0.2, 0.25) is 5.91 Å². The summed E-state index contributed by atoms with van der Waals surface area (Å²) in [6, 6.07) is 8.10. The summed E-state index contributed by atoms with van der Waals surface area (Å²) in [6.45, 7) is 2.51. The van der Waals surface area contributed by atoms with Crippen molar-refractivity contribution >= 4 is 5.91 Å². The fraction of sp³-hybridized carbons (Fsp3) is 0.632. The second kappa shape index (κ2) is 8.10. The number of carbonyl (C=O) groups excluding carboxylic acids is 1. The van der Waals surface area contributed by atoms with E-state index in [1.807, 2.05) is 29.2 Å². The molecule has 132 valence electrons. The summed E-state index contributed by atoms with van der Waals surface area (Å²) < 4.78 is 10.7. The molecule has 3 rings (SSSR count). The van der Waals surface area contributed by atoms with E-state index in [9.17, 15) is 9.90 Å². The summed E-state index contributed by atoms with van der Waals surface area (Å²) in [5, 5.41) is 10.3. The van der Waals surface area contributed by atoms with Crippen LogP contribution in [0.1, 0.15) is 30.4 Å². The van der Waals surface area contributed by atoms with Crippen LogP contribution in [0.25, 0.3) is 0 Å². The van der Waals surface area contributed by atoms with Crippen LogP contribution in [0.5, 0.6) is 0 Å². The number of aliphatic hydroxyl groups is 1. The highest BCUT2D eigenvalue weighted by Crippen LogP contribution is 2.30. The van der Waals surface area contributed by atoms with Crippen LogP contribution in [0.2, 0.25) is 0 Å². The molecule has 5 nitrogen and oxygen atoms in total. The first-order chi connectivity index (χ1) is 11.7. The van der Waals surface area contributed by atoms with Crippen molar-refractivity contribution in [1.82, 2.24) is 4.90 Å². The molecule has 2 aliphatic rings. The van der Waals surface area contributed by atoms with Gasteiger partial charge >= 0.3 is 0 Å². The van der Waals surface area contributed by atoms with Crippen molar-refractivity contribution in [2.75, 3.05) is 26.9 Å². The molecule has 0 aromatic heterocycles. The van der Waals surface area contributed by atoms with Gasteiger partial charge in [0.25, 0.3) is 0 Å². The van der Waals surface area contributed by atoms with Crippen molar-refractivity contribution in [2.45, 2.75) is 44.4 Å². The van der Waals surface area contributed by atoms with Crippen molar-refractivity contribution in [1.29, 1.82) is 0 Å². The Bertz CT molecular complexity index is 562. The van der Waals surface area contributed by atoms with Gasteiger partial charge in [-0.2, -0.15) is 0 Å². The van der Waals surface area contributed by atoms with Gasteiger partial charge in [0.15, 0.2) is 0 Å². The maximum atomic E-state index is 12.8. The summed E-state index contributed by atoms with van der Waals surface area (Å²) in [7, 11) is 1.67. The fourth-order valence-corrected chi connectivity index (χ4v) is 3.94. The second-order valence-electron chi connectivity index (χ2n) is 6.82. The van der Waals surface area contributed by atoms with E-state index in [0.717, 1.165) is 30.5 Å². The van der Waals surface area contributed by atoms with Gasteiger partial charge in [-0.3, -0.25) is 4.79 Å². The van der Waals surface area contributed by atoms with Crippen molar-refractivity contribution in [3.8, 4) is 0 Å². The van der Waals surface area contributed by atoms with Crippen LogP contribution in [-0.2, 0) is 27.3 Å². The molecule has 1 N–H and O–H groups in total. The van der Waals surface area contributed by atoms with Crippen molar-refractivity contribution in [2.24, 2.45) is 5.92 Å². The van der Waals surface area contributed by atoms with Gasteiger partial charge < -0.3 is 19.5 Å². The molecule has 0 bridgehead atoms. The third-order valence-electron chi connectivity index (χ3n) is 5.13. The van der Waals surface area contributed by atoms with E-state index in [1.165, 1.54) is 0 Å². The van der Waals surface area contributed by atoms with E-state index >= 15 is 0 Å². The van der Waals surface area contributed by atoms with Crippen LogP contribution in [0, 0.1) is 5.92 Å². The third kappa shape index (κ3) is 3.97. The number of hydrogen-bond donors (Lipinski definition) is 1. The molecule has 0 radical (unpaired) electrons. The highest BCUT2D eigenvalue weighted by molar-refractivity contribution is 5.79. The van der Waals surface area contributed by atoms with E-state index in [4.69, 9.17) is 9.47 Å². The molecular weight excluding hydrogens is 306 g/mol. The number of likely N-dealkylation sites (tertiary alicyclic amines) is 1. The van der Waals surface area contributed by atoms with Crippen LogP contribution in [0.4, 0.5) is 0 Å². The first kappa shape index (κ1) is 17.4. The van der Waals surface area contributed by atoms with Crippen LogP contribution < -0.4 is 0 Å². The van der Waals surface area contributed by atoms with Gasteiger partial charge in [-0.15, -0.1) is 0 Å². The second-order valence-corrected chi connectivity index (χ2v) is 6.82. The summed E-state index contributed by atoms with van der Waals surface area (Å²) in [5.41, 5.74) is 2.09. The number of aliphatic hydroxyl groups excluding tert-OH is 1. The van der Waals surface area contributed by atoms with Gasteiger partial charge in [-0.1, -0.05) is 24.3 Å². The average Bonchev–Trinajstić information content (AvgIpc) is 3.05. The summed E-state index contributed by atoms with van der Waals surface area (Å²) in [4.78, 5) is 14.8. The number of benzene rings is 1. The maximum Gasteiger partial charge on any atom is 0.227 e. The first-order valence-corrected chi connectivity index (χ1v) is 8.81. The van der Waals surface area contributed by atoms with Gasteiger partial charge in [0.1, 0.15) is 0 Å². The number of carbonyl (C=O) groups is 1. The Hall–Kier alpha value is -1.43. The van der Waals surface area contributed by atoms with E-state index in [1.54, 1.807) is 7.11 Å². The van der Waals surface area contributed by atoms with E-state index in [2.05, 4.69) is 0 Å². The zero-order chi connectivity index (χ0) is 16.9. The molecule has 3 atom stereocenters. The van der Waals surface area contributed by atoms with Gasteiger partial charge in [0, 0.05) is 32.2 Å². The Morgan fingerprint density at radius 3 is 3.00 bits per heavy atom. The SMILES string of the molecule is COCc1cccc(CC(=O)N2CCC[C@@H]2[C@@H]2COCC[C@@H]2O)c1. The average molecular weight is 333 g/mol. The molecule has 0 aliphatic carbocycles. The topological polar surface area (TPSA) is 59.0 Å². The molecular formula is C19H27NO4. The molecule has 2 fully saturated rings. The van der Waals surface area contributed by atoms with E-state index < -0.39 is 0 Å². The number of amides is 1. The molecule has 5 heteroatoms. The maximum absolute atomic E-state index is 12.8. The minimum absolute atomic E-state index is 0.0463. The number of ether oxygens (including phenoxy) is 2. The minimum Gasteiger partial charge on any atom is -0.393 e. The molecule has 2 saturated heterocycles. The molecule has 0 saturated carbocycles. The van der Waals surface area contributed by atoms with Crippen molar-refractivity contribution < 1.29 is 19.4 Å². The Labute approximate surface area is 143 Å². The lowest BCUT2D eigenvalue weighted by Crippen LogP contribution is -2.48. The lowest BCUT2D eigenvalue weighted by molar-refractivity contribution is -0.135. The normalized spacial score (nSPS) is 27.4. The van der Waals surface area contributed by atoms with Gasteiger partial charge in [0.05, 0.1) is 25.7 Å². The van der Waals surface area contributed by atoms with Gasteiger partial charge in [-0.25, -0.2) is 0 Å². The molecule has 1 aromatic carbocycles. The predicted octanol–water partition coefficient (Wildman–Crippen LogP) is 1.76. The van der Waals surface area contributed by atoms with Crippen molar-refractivity contribution in [3.63, 3.8) is 0 Å². The Morgan fingerprint density at radius 2 is 2.21 bits per heavy atom. The van der Waals surface area contributed by atoms with Gasteiger partial charge in [-0.05, 0) is 30.4 Å². The quantitative estimate of drug-likeness (QED) is 0.892. The lowest BCUT2D eigenvalue weighted by Gasteiger charge is -2.37. The smallest absolute Gasteiger partial charge is 0.227 e. The summed E-state index contributed by atoms with van der Waals surface area (Å²) in [5.74, 6) is 0.190. The van der Waals surface area contributed by atoms with Crippen molar-refractivity contribution in [3.05, 3.63) is 35.4 Å². The minimum atomic E-state index is -0.359. The standard InChI is InChI=1S/C19H27NO4/c1-23-12-15-5-2-4-14(10-15)11-19(22)20-8-3-6-17(20)16-13-24-9-7-18(16)21/h2,4-5,10,16-18,21H,3,6-9,11-13H2,1H3/t16-,17+,18-/m0/s1. The Morgan fingerprint density at radius 1 is 1.38 bits per heavy atom. The van der Waals surface area contributed by atoms with E-state index in [0.29, 0.717) is 32.7 Å². The summed E-state index contributed by atoms with van der Waals surface area (Å²) in [6.07, 6.45) is 2.67. The molecule has 2 heterocycles. The summed E-state index contributed by atoms with van der Waals surface area (Å²) >= 11 is 0. The monoisotopic (exact) mass is 333 g/mol. The highest BCUT2D eigenvalue weighted by Gasteiger charge is 2.39. The molecule has 2 aliphatic heterocycles. The molecule has 24 heavy (non-hydrogen) atoms. The highest BCUT2D eigenvalue weighted by atomic mass is 16.5. The van der Waals surface area contributed by atoms with Crippen LogP contribution in [-0.4, -0.2) is 54.9 Å². The number of methoxy groups -OCH3 is 1. The molecule has 0 unspecified atom stereocenters. The van der Waals surface area contributed by atoms with Crippen LogP contribution in [0.3, 0.4) is 0 Å². The first-order valence-electron chi connectivity index (χ1n) is 8.81. The number of nitrogens with zero attached hydrogens (tertiary/aromatic N) is 1. The Kier molecular flexibility index (Phi) is 5.87. The van der Waals surface area contributed by atoms with Crippen LogP contribution >= 0.6 is 0 Å². The molecule has 1 amide bonds. The third-order valence-corrected chi connectivity index (χ3v) is 5.13. The predicted molar refractivity (Wildman–Crippen MR) is 90.5 cm³/mol. The molecule has 1 aromatic rings. The Balaban J connectivity index is 1.66. The van der Waals surface area contributed by atoms with Crippen LogP contribution in [0.15, 0.2) is 24.3 Å². The number of rotatable bonds is 5. The molecule has 0 spiro atoms. The lowest BCUT2D eigenvalue weighted by atomic mass is 9.89. The zero-order valence-corrected chi connectivity index (χ0v) is 14.3. The number of hydrogen-bond acceptors (Lipinski definition) is 4. The fourth-order valence-electron chi connectivity index (χ4n) is 3.94.